The van der Waals surface area contributed by atoms with Crippen LogP contribution in [-0.4, -0.2) is 33.7 Å². The Morgan fingerprint density at radius 2 is 1.72 bits per heavy atom. The molecule has 0 aliphatic rings. The second-order valence-corrected chi connectivity index (χ2v) is 9.53. The van der Waals surface area contributed by atoms with Crippen molar-refractivity contribution in [1.29, 1.82) is 0 Å². The highest BCUT2D eigenvalue weighted by Crippen LogP contribution is 2.33. The standard InChI is InChI=1S/C25H24F3N3O4S/c1-3-35-22-11-9-19(10-12-22)16-29-30-24(32)17-31(21-6-4-5-20(15-21)25(26,27)28)36(33,34)23-13-7-18(2)8-14-23/h4-16H,3,17H2,1-2H3,(H,30,32)/b29-16-. The molecule has 0 spiro atoms. The summed E-state index contributed by atoms with van der Waals surface area (Å²) in [6.45, 7) is 3.33. The van der Waals surface area contributed by atoms with Crippen LogP contribution in [0.25, 0.3) is 0 Å². The number of amides is 1. The van der Waals surface area contributed by atoms with Crippen molar-refractivity contribution in [3.05, 3.63) is 89.5 Å². The van der Waals surface area contributed by atoms with Crippen molar-refractivity contribution in [2.24, 2.45) is 5.10 Å². The maximum absolute atomic E-state index is 13.3. The van der Waals surface area contributed by atoms with Crippen molar-refractivity contribution in [3.63, 3.8) is 0 Å². The zero-order valence-electron chi connectivity index (χ0n) is 19.5. The van der Waals surface area contributed by atoms with Crippen LogP contribution in [0.5, 0.6) is 5.75 Å². The minimum atomic E-state index is -4.69. The third kappa shape index (κ3) is 6.85. The lowest BCUT2D eigenvalue weighted by Gasteiger charge is -2.24. The number of hydrogen-bond acceptors (Lipinski definition) is 5. The number of halogens is 3. The molecular formula is C25H24F3N3O4S. The van der Waals surface area contributed by atoms with Gasteiger partial charge in [0.1, 0.15) is 12.3 Å². The first-order valence-corrected chi connectivity index (χ1v) is 12.3. The number of nitrogens with zero attached hydrogens (tertiary/aromatic N) is 2. The van der Waals surface area contributed by atoms with Crippen molar-refractivity contribution in [1.82, 2.24) is 5.43 Å². The summed E-state index contributed by atoms with van der Waals surface area (Å²) in [5.41, 5.74) is 2.30. The molecule has 0 fully saturated rings. The third-order valence-corrected chi connectivity index (χ3v) is 6.74. The number of hydrazone groups is 1. The molecule has 0 aliphatic heterocycles. The van der Waals surface area contributed by atoms with E-state index in [1.807, 2.05) is 6.92 Å². The van der Waals surface area contributed by atoms with E-state index < -0.39 is 34.2 Å². The van der Waals surface area contributed by atoms with Gasteiger partial charge in [0, 0.05) is 0 Å². The lowest BCUT2D eigenvalue weighted by atomic mass is 10.2. The fraction of sp³-hybridized carbons (Fsp3) is 0.200. The van der Waals surface area contributed by atoms with E-state index in [9.17, 15) is 26.4 Å². The van der Waals surface area contributed by atoms with E-state index in [0.29, 0.717) is 28.3 Å². The molecule has 3 aromatic carbocycles. The molecule has 0 aromatic heterocycles. The molecule has 1 amide bonds. The number of ether oxygens (including phenoxy) is 1. The molecule has 3 aromatic rings. The molecule has 0 atom stereocenters. The molecule has 0 heterocycles. The van der Waals surface area contributed by atoms with Crippen LogP contribution >= 0.6 is 0 Å². The number of hydrogen-bond donors (Lipinski definition) is 1. The highest BCUT2D eigenvalue weighted by atomic mass is 32.2. The average molecular weight is 520 g/mol. The van der Waals surface area contributed by atoms with Gasteiger partial charge in [-0.15, -0.1) is 0 Å². The summed E-state index contributed by atoms with van der Waals surface area (Å²) in [5, 5.41) is 3.82. The van der Waals surface area contributed by atoms with Gasteiger partial charge < -0.3 is 4.74 Å². The monoisotopic (exact) mass is 519 g/mol. The van der Waals surface area contributed by atoms with E-state index in [0.717, 1.165) is 17.7 Å². The Labute approximate surface area is 207 Å². The number of aryl methyl sites for hydroxylation is 1. The van der Waals surface area contributed by atoms with E-state index in [1.54, 1.807) is 43.3 Å². The van der Waals surface area contributed by atoms with Crippen LogP contribution in [0.2, 0.25) is 0 Å². The molecule has 11 heteroatoms. The van der Waals surface area contributed by atoms with Crippen molar-refractivity contribution >= 4 is 27.8 Å². The molecule has 3 rings (SSSR count). The van der Waals surface area contributed by atoms with E-state index in [1.165, 1.54) is 24.4 Å². The van der Waals surface area contributed by atoms with Gasteiger partial charge in [-0.1, -0.05) is 23.8 Å². The summed E-state index contributed by atoms with van der Waals surface area (Å²) < 4.78 is 72.5. The van der Waals surface area contributed by atoms with Crippen molar-refractivity contribution in [3.8, 4) is 5.75 Å². The Bertz CT molecular complexity index is 1320. The summed E-state index contributed by atoms with van der Waals surface area (Å²) in [7, 11) is -4.38. The molecule has 0 aliphatic carbocycles. The number of alkyl halides is 3. The highest BCUT2D eigenvalue weighted by Gasteiger charge is 2.33. The summed E-state index contributed by atoms with van der Waals surface area (Å²) in [4.78, 5) is 12.4. The van der Waals surface area contributed by atoms with Crippen LogP contribution in [0.3, 0.4) is 0 Å². The van der Waals surface area contributed by atoms with Gasteiger partial charge in [-0.2, -0.15) is 18.3 Å². The van der Waals surface area contributed by atoms with Gasteiger partial charge in [0.15, 0.2) is 0 Å². The second-order valence-electron chi connectivity index (χ2n) is 7.67. The molecule has 1 N–H and O–H groups in total. The van der Waals surface area contributed by atoms with Gasteiger partial charge >= 0.3 is 6.18 Å². The maximum atomic E-state index is 13.3. The number of benzene rings is 3. The Balaban J connectivity index is 1.86. The summed E-state index contributed by atoms with van der Waals surface area (Å²) >= 11 is 0. The smallest absolute Gasteiger partial charge is 0.416 e. The van der Waals surface area contributed by atoms with Gasteiger partial charge in [0.2, 0.25) is 0 Å². The summed E-state index contributed by atoms with van der Waals surface area (Å²) in [6, 6.07) is 16.4. The minimum absolute atomic E-state index is 0.170. The van der Waals surface area contributed by atoms with Crippen LogP contribution in [0.1, 0.15) is 23.6 Å². The quantitative estimate of drug-likeness (QED) is 0.326. The van der Waals surface area contributed by atoms with E-state index >= 15 is 0 Å². The zero-order chi connectivity index (χ0) is 26.3. The lowest BCUT2D eigenvalue weighted by Crippen LogP contribution is -2.39. The predicted molar refractivity (Wildman–Crippen MR) is 131 cm³/mol. The van der Waals surface area contributed by atoms with Gasteiger partial charge in [0.05, 0.1) is 29.0 Å². The van der Waals surface area contributed by atoms with Gasteiger partial charge in [-0.05, 0) is 74.0 Å². The first-order chi connectivity index (χ1) is 17.0. The first-order valence-electron chi connectivity index (χ1n) is 10.8. The fourth-order valence-corrected chi connectivity index (χ4v) is 4.56. The summed E-state index contributed by atoms with van der Waals surface area (Å²) in [5.74, 6) is -0.179. The largest absolute Gasteiger partial charge is 0.494 e. The number of sulfonamides is 1. The third-order valence-electron chi connectivity index (χ3n) is 4.95. The van der Waals surface area contributed by atoms with Crippen molar-refractivity contribution in [2.45, 2.75) is 24.9 Å². The Morgan fingerprint density at radius 3 is 2.33 bits per heavy atom. The SMILES string of the molecule is CCOc1ccc(/C=N\NC(=O)CN(c2cccc(C(F)(F)F)c2)S(=O)(=O)c2ccc(C)cc2)cc1. The molecule has 0 unspecified atom stereocenters. The lowest BCUT2D eigenvalue weighted by molar-refractivity contribution is -0.137. The molecule has 0 saturated heterocycles. The second kappa shape index (κ2) is 11.3. The van der Waals surface area contributed by atoms with Crippen molar-refractivity contribution < 1.29 is 31.1 Å². The normalized spacial score (nSPS) is 11.9. The van der Waals surface area contributed by atoms with Gasteiger partial charge in [-0.3, -0.25) is 9.10 Å². The van der Waals surface area contributed by atoms with E-state index in [-0.39, 0.29) is 10.6 Å². The van der Waals surface area contributed by atoms with Crippen LogP contribution < -0.4 is 14.5 Å². The Morgan fingerprint density at radius 1 is 1.06 bits per heavy atom. The first kappa shape index (κ1) is 26.7. The molecule has 0 radical (unpaired) electrons. The molecule has 7 nitrogen and oxygen atoms in total. The van der Waals surface area contributed by atoms with Crippen LogP contribution in [0.15, 0.2) is 82.8 Å². The topological polar surface area (TPSA) is 88.1 Å². The van der Waals surface area contributed by atoms with Crippen LogP contribution in [0.4, 0.5) is 18.9 Å². The molecule has 36 heavy (non-hydrogen) atoms. The summed E-state index contributed by atoms with van der Waals surface area (Å²) in [6.07, 6.45) is -3.35. The number of nitrogens with one attached hydrogen (secondary N) is 1. The van der Waals surface area contributed by atoms with Crippen molar-refractivity contribution in [2.75, 3.05) is 17.5 Å². The number of carbonyl (C=O) groups is 1. The fourth-order valence-electron chi connectivity index (χ4n) is 3.15. The van der Waals surface area contributed by atoms with Gasteiger partial charge in [-0.25, -0.2) is 13.8 Å². The van der Waals surface area contributed by atoms with E-state index in [4.69, 9.17) is 4.74 Å². The minimum Gasteiger partial charge on any atom is -0.494 e. The Hall–Kier alpha value is -3.86. The zero-order valence-corrected chi connectivity index (χ0v) is 20.3. The number of rotatable bonds is 9. The van der Waals surface area contributed by atoms with Crippen LogP contribution in [0, 0.1) is 6.92 Å². The highest BCUT2D eigenvalue weighted by molar-refractivity contribution is 7.92. The predicted octanol–water partition coefficient (Wildman–Crippen LogP) is 4.76. The van der Waals surface area contributed by atoms with Gasteiger partial charge in [0.25, 0.3) is 15.9 Å². The molecule has 0 bridgehead atoms. The molecule has 0 saturated carbocycles. The number of anilines is 1. The molecular weight excluding hydrogens is 495 g/mol. The molecule has 190 valence electrons. The van der Waals surface area contributed by atoms with Crippen LogP contribution in [-0.2, 0) is 21.0 Å². The Kier molecular flexibility index (Phi) is 8.36. The average Bonchev–Trinajstić information content (AvgIpc) is 2.83. The maximum Gasteiger partial charge on any atom is 0.416 e. The van der Waals surface area contributed by atoms with E-state index in [2.05, 4.69) is 10.5 Å². The number of carbonyl (C=O) groups excluding carboxylic acids is 1.